The predicted octanol–water partition coefficient (Wildman–Crippen LogP) is 0.756. The fourth-order valence-corrected chi connectivity index (χ4v) is 1.89. The van der Waals surface area contributed by atoms with Gasteiger partial charge in [0.05, 0.1) is 5.56 Å². The van der Waals surface area contributed by atoms with Gasteiger partial charge in [0, 0.05) is 7.05 Å². The lowest BCUT2D eigenvalue weighted by atomic mass is 10.2. The van der Waals surface area contributed by atoms with Crippen molar-refractivity contribution < 1.29 is 4.39 Å². The molecule has 0 unspecified atom stereocenters. The molecule has 3 aromatic rings. The average molecular weight is 260 g/mol. The van der Waals surface area contributed by atoms with Crippen LogP contribution in [0.15, 0.2) is 33.9 Å². The van der Waals surface area contributed by atoms with E-state index in [1.54, 1.807) is 18.2 Å². The minimum absolute atomic E-state index is 0.139. The average Bonchev–Trinajstić information content (AvgIpc) is 2.82. The SMILES string of the molecule is Cn1c(=O)[nH]c(=O)c2[nH]c(-c3ccccc3F)nc21. The van der Waals surface area contributed by atoms with E-state index in [0.717, 1.165) is 0 Å². The molecule has 0 saturated heterocycles. The van der Waals surface area contributed by atoms with Gasteiger partial charge in [0.15, 0.2) is 5.65 Å². The van der Waals surface area contributed by atoms with E-state index in [-0.39, 0.29) is 22.6 Å². The molecule has 0 bridgehead atoms. The van der Waals surface area contributed by atoms with E-state index in [1.165, 1.54) is 17.7 Å². The molecule has 0 aliphatic carbocycles. The van der Waals surface area contributed by atoms with Crippen molar-refractivity contribution >= 4 is 11.2 Å². The Kier molecular flexibility index (Phi) is 2.34. The first-order chi connectivity index (χ1) is 9.08. The Balaban J connectivity index is 2.38. The Hall–Kier alpha value is -2.70. The molecule has 19 heavy (non-hydrogen) atoms. The maximum absolute atomic E-state index is 13.7. The molecule has 0 spiro atoms. The third kappa shape index (κ3) is 1.67. The summed E-state index contributed by atoms with van der Waals surface area (Å²) in [7, 11) is 1.48. The van der Waals surface area contributed by atoms with Crippen LogP contribution in [0.2, 0.25) is 0 Å². The van der Waals surface area contributed by atoms with Gasteiger partial charge in [-0.25, -0.2) is 14.2 Å². The van der Waals surface area contributed by atoms with Gasteiger partial charge in [0.25, 0.3) is 5.56 Å². The number of nitrogens with one attached hydrogen (secondary N) is 2. The second kappa shape index (κ2) is 3.91. The first-order valence-electron chi connectivity index (χ1n) is 5.52. The van der Waals surface area contributed by atoms with Gasteiger partial charge in [0.1, 0.15) is 17.2 Å². The highest BCUT2D eigenvalue weighted by molar-refractivity contribution is 5.75. The van der Waals surface area contributed by atoms with Gasteiger partial charge in [-0.15, -0.1) is 0 Å². The number of aryl methyl sites for hydroxylation is 1. The number of hydrogen-bond donors (Lipinski definition) is 2. The van der Waals surface area contributed by atoms with Gasteiger partial charge in [-0.1, -0.05) is 12.1 Å². The Morgan fingerprint density at radius 1 is 1.21 bits per heavy atom. The van der Waals surface area contributed by atoms with Crippen LogP contribution in [0.3, 0.4) is 0 Å². The Morgan fingerprint density at radius 2 is 1.95 bits per heavy atom. The molecule has 2 N–H and O–H groups in total. The van der Waals surface area contributed by atoms with E-state index in [1.807, 2.05) is 0 Å². The summed E-state index contributed by atoms with van der Waals surface area (Å²) in [5.74, 6) is -0.247. The molecule has 0 saturated carbocycles. The van der Waals surface area contributed by atoms with Crippen molar-refractivity contribution in [3.8, 4) is 11.4 Å². The maximum Gasteiger partial charge on any atom is 0.329 e. The Labute approximate surface area is 105 Å². The number of aromatic amines is 2. The zero-order valence-electron chi connectivity index (χ0n) is 9.90. The quantitative estimate of drug-likeness (QED) is 0.677. The molecule has 7 heteroatoms. The lowest BCUT2D eigenvalue weighted by Gasteiger charge is -1.97. The summed E-state index contributed by atoms with van der Waals surface area (Å²) in [6.45, 7) is 0. The number of nitrogens with zero attached hydrogens (tertiary/aromatic N) is 2. The second-order valence-corrected chi connectivity index (χ2v) is 4.08. The minimum Gasteiger partial charge on any atom is -0.332 e. The Morgan fingerprint density at radius 3 is 2.68 bits per heavy atom. The third-order valence-corrected chi connectivity index (χ3v) is 2.88. The zero-order valence-corrected chi connectivity index (χ0v) is 9.90. The lowest BCUT2D eigenvalue weighted by Crippen LogP contribution is -2.28. The largest absolute Gasteiger partial charge is 0.332 e. The van der Waals surface area contributed by atoms with Gasteiger partial charge >= 0.3 is 5.69 Å². The molecule has 0 aliphatic heterocycles. The van der Waals surface area contributed by atoms with Crippen molar-refractivity contribution in [2.45, 2.75) is 0 Å². The van der Waals surface area contributed by atoms with Crippen LogP contribution in [0.5, 0.6) is 0 Å². The molecule has 0 atom stereocenters. The first-order valence-corrected chi connectivity index (χ1v) is 5.52. The van der Waals surface area contributed by atoms with Gasteiger partial charge in [-0.05, 0) is 12.1 Å². The zero-order chi connectivity index (χ0) is 13.6. The highest BCUT2D eigenvalue weighted by atomic mass is 19.1. The molecule has 96 valence electrons. The summed E-state index contributed by atoms with van der Waals surface area (Å²) >= 11 is 0. The van der Waals surface area contributed by atoms with Crippen LogP contribution in [0, 0.1) is 5.82 Å². The molecular weight excluding hydrogens is 251 g/mol. The van der Waals surface area contributed by atoms with Gasteiger partial charge < -0.3 is 4.98 Å². The van der Waals surface area contributed by atoms with Crippen LogP contribution in [0.25, 0.3) is 22.6 Å². The highest BCUT2D eigenvalue weighted by Crippen LogP contribution is 2.20. The highest BCUT2D eigenvalue weighted by Gasteiger charge is 2.13. The number of halogens is 1. The summed E-state index contributed by atoms with van der Waals surface area (Å²) in [4.78, 5) is 32.1. The number of aromatic nitrogens is 4. The fourth-order valence-electron chi connectivity index (χ4n) is 1.89. The van der Waals surface area contributed by atoms with E-state index < -0.39 is 17.1 Å². The molecule has 2 aromatic heterocycles. The summed E-state index contributed by atoms with van der Waals surface area (Å²) in [5.41, 5.74) is -0.574. The minimum atomic E-state index is -0.576. The van der Waals surface area contributed by atoms with Crippen LogP contribution in [-0.4, -0.2) is 19.5 Å². The number of H-pyrrole nitrogens is 2. The molecular formula is C12H9FN4O2. The van der Waals surface area contributed by atoms with Crippen LogP contribution >= 0.6 is 0 Å². The molecule has 0 fully saturated rings. The van der Waals surface area contributed by atoms with Crippen molar-refractivity contribution in [3.05, 3.63) is 50.9 Å². The summed E-state index contributed by atoms with van der Waals surface area (Å²) in [6, 6.07) is 6.06. The lowest BCUT2D eigenvalue weighted by molar-refractivity contribution is 0.630. The molecule has 1 aromatic carbocycles. The molecule has 2 heterocycles. The molecule has 0 amide bonds. The Bertz CT molecular complexity index is 891. The van der Waals surface area contributed by atoms with Crippen molar-refractivity contribution in [3.63, 3.8) is 0 Å². The number of imidazole rings is 1. The van der Waals surface area contributed by atoms with Crippen LogP contribution in [0.4, 0.5) is 4.39 Å². The number of benzene rings is 1. The summed E-state index contributed by atoms with van der Waals surface area (Å²) in [5, 5.41) is 0. The first kappa shape index (κ1) is 11.4. The standard InChI is InChI=1S/C12H9FN4O2/c1-17-10-8(11(18)16-12(17)19)14-9(15-10)6-4-2-3-5-7(6)13/h2-5H,1H3,(H,14,15)(H,16,18,19). The molecule has 0 radical (unpaired) electrons. The van der Waals surface area contributed by atoms with Crippen molar-refractivity contribution in [1.82, 2.24) is 19.5 Å². The van der Waals surface area contributed by atoms with E-state index in [9.17, 15) is 14.0 Å². The van der Waals surface area contributed by atoms with E-state index in [0.29, 0.717) is 0 Å². The van der Waals surface area contributed by atoms with Crippen LogP contribution in [-0.2, 0) is 7.05 Å². The summed E-state index contributed by atoms with van der Waals surface area (Å²) in [6.07, 6.45) is 0. The maximum atomic E-state index is 13.7. The van der Waals surface area contributed by atoms with Crippen molar-refractivity contribution in [2.24, 2.45) is 7.05 Å². The van der Waals surface area contributed by atoms with Gasteiger partial charge in [0.2, 0.25) is 0 Å². The third-order valence-electron chi connectivity index (χ3n) is 2.88. The smallest absolute Gasteiger partial charge is 0.329 e. The predicted molar refractivity (Wildman–Crippen MR) is 67.3 cm³/mol. The van der Waals surface area contributed by atoms with Crippen LogP contribution in [0.1, 0.15) is 0 Å². The van der Waals surface area contributed by atoms with E-state index in [4.69, 9.17) is 0 Å². The number of fused-ring (bicyclic) bond motifs is 1. The van der Waals surface area contributed by atoms with Gasteiger partial charge in [-0.3, -0.25) is 14.3 Å². The monoisotopic (exact) mass is 260 g/mol. The van der Waals surface area contributed by atoms with Crippen LogP contribution < -0.4 is 11.2 Å². The normalized spacial score (nSPS) is 11.1. The summed E-state index contributed by atoms with van der Waals surface area (Å²) < 4.78 is 14.9. The van der Waals surface area contributed by atoms with Crippen molar-refractivity contribution in [1.29, 1.82) is 0 Å². The van der Waals surface area contributed by atoms with E-state index in [2.05, 4.69) is 15.0 Å². The van der Waals surface area contributed by atoms with Crippen molar-refractivity contribution in [2.75, 3.05) is 0 Å². The second-order valence-electron chi connectivity index (χ2n) is 4.08. The number of hydrogen-bond acceptors (Lipinski definition) is 3. The van der Waals surface area contributed by atoms with Gasteiger partial charge in [-0.2, -0.15) is 0 Å². The topological polar surface area (TPSA) is 83.5 Å². The van der Waals surface area contributed by atoms with E-state index >= 15 is 0 Å². The molecule has 6 nitrogen and oxygen atoms in total. The molecule has 3 rings (SSSR count). The number of rotatable bonds is 1. The fraction of sp³-hybridized carbons (Fsp3) is 0.0833. The molecule has 0 aliphatic rings.